The van der Waals surface area contributed by atoms with Gasteiger partial charge in [0, 0.05) is 43.1 Å². The van der Waals surface area contributed by atoms with Crippen molar-refractivity contribution in [2.24, 2.45) is 35.1 Å². The summed E-state index contributed by atoms with van der Waals surface area (Å²) in [5, 5.41) is 18.7. The van der Waals surface area contributed by atoms with Crippen LogP contribution in [0.15, 0.2) is 0 Å². The molecular weight excluding hydrogens is 586 g/mol. The van der Waals surface area contributed by atoms with Crippen molar-refractivity contribution in [3.05, 3.63) is 0 Å². The number of hydrogen-bond donors (Lipinski definition) is 4. The third-order valence-corrected chi connectivity index (χ3v) is 5.98. The molecule has 0 aliphatic heterocycles. The quantitative estimate of drug-likeness (QED) is 0.144. The van der Waals surface area contributed by atoms with Crippen LogP contribution in [0, 0.1) is 23.7 Å². The second-order valence-corrected chi connectivity index (χ2v) is 11.0. The third kappa shape index (κ3) is 15.5. The smallest absolute Gasteiger partial charge is 0.326 e. The Morgan fingerprint density at radius 3 is 0.878 bits per heavy atom. The van der Waals surface area contributed by atoms with Gasteiger partial charge < -0.3 is 21.7 Å². The minimum Gasteiger partial charge on any atom is -0.480 e. The summed E-state index contributed by atoms with van der Waals surface area (Å²) in [7, 11) is 0. The standard InChI is InChI=1S/2C14H26N2O4.Zn/c2*1-9(2)12(17)16(13(18)10(3)4)11(14(19)20)7-5-6-8-15;/h2*9-11H,5-8,15H2,1-4H3,(H,19,20);/t2*11-;/m00./s1. The Morgan fingerprint density at radius 2 is 0.732 bits per heavy atom. The Kier molecular flexibility index (Phi) is 23.6. The van der Waals surface area contributed by atoms with E-state index in [2.05, 4.69) is 0 Å². The third-order valence-electron chi connectivity index (χ3n) is 5.98. The van der Waals surface area contributed by atoms with Crippen LogP contribution in [0.25, 0.3) is 0 Å². The number of imide groups is 2. The number of amides is 4. The summed E-state index contributed by atoms with van der Waals surface area (Å²) in [5.74, 6) is -5.75. The molecule has 0 heterocycles. The van der Waals surface area contributed by atoms with Crippen LogP contribution in [0.4, 0.5) is 0 Å². The summed E-state index contributed by atoms with van der Waals surface area (Å²) in [6.45, 7) is 14.2. The molecule has 0 fully saturated rings. The molecule has 0 saturated carbocycles. The fourth-order valence-electron chi connectivity index (χ4n) is 3.63. The first-order chi connectivity index (χ1) is 18.5. The largest absolute Gasteiger partial charge is 0.480 e. The number of unbranched alkanes of at least 4 members (excludes halogenated alkanes) is 2. The molecule has 0 spiro atoms. The average molecular weight is 638 g/mol. The predicted molar refractivity (Wildman–Crippen MR) is 152 cm³/mol. The van der Waals surface area contributed by atoms with Gasteiger partial charge in [-0.1, -0.05) is 55.4 Å². The van der Waals surface area contributed by atoms with E-state index in [0.29, 0.717) is 38.8 Å². The zero-order valence-corrected chi connectivity index (χ0v) is 29.2. The number of hydrogen-bond acceptors (Lipinski definition) is 8. The molecular formula is C28H52N4O8Zn. The normalized spacial score (nSPS) is 12.2. The zero-order chi connectivity index (χ0) is 31.7. The second kappa shape index (κ2) is 22.4. The molecule has 6 N–H and O–H groups in total. The maximum absolute atomic E-state index is 12.2. The molecule has 0 radical (unpaired) electrons. The van der Waals surface area contributed by atoms with E-state index in [1.165, 1.54) is 0 Å². The fraction of sp³-hybridized carbons (Fsp3) is 0.786. The van der Waals surface area contributed by atoms with Crippen molar-refractivity contribution in [2.75, 3.05) is 13.1 Å². The maximum atomic E-state index is 12.2. The fourth-order valence-corrected chi connectivity index (χ4v) is 3.63. The van der Waals surface area contributed by atoms with Crippen LogP contribution in [0.2, 0.25) is 0 Å². The molecule has 4 amide bonds. The van der Waals surface area contributed by atoms with Gasteiger partial charge in [-0.2, -0.15) is 0 Å². The van der Waals surface area contributed by atoms with Gasteiger partial charge in [-0.3, -0.25) is 29.0 Å². The van der Waals surface area contributed by atoms with E-state index in [1.807, 2.05) is 0 Å². The first-order valence-corrected chi connectivity index (χ1v) is 14.1. The number of nitrogens with zero attached hydrogens (tertiary/aromatic N) is 2. The summed E-state index contributed by atoms with van der Waals surface area (Å²) in [6.07, 6.45) is 2.96. The molecule has 13 heteroatoms. The van der Waals surface area contributed by atoms with Gasteiger partial charge >= 0.3 is 11.9 Å². The molecule has 0 aromatic rings. The Labute approximate surface area is 257 Å². The average Bonchev–Trinajstić information content (AvgIpc) is 2.86. The van der Waals surface area contributed by atoms with Crippen molar-refractivity contribution >= 4 is 35.6 Å². The molecule has 0 aromatic carbocycles. The Hall–Kier alpha value is -2.24. The molecule has 0 aliphatic rings. The number of aliphatic carboxylic acids is 2. The molecule has 0 saturated heterocycles. The second-order valence-electron chi connectivity index (χ2n) is 11.0. The van der Waals surface area contributed by atoms with Gasteiger partial charge in [0.1, 0.15) is 12.1 Å². The van der Waals surface area contributed by atoms with Gasteiger partial charge in [-0.25, -0.2) is 9.59 Å². The van der Waals surface area contributed by atoms with Crippen molar-refractivity contribution in [1.82, 2.24) is 9.80 Å². The minimum absolute atomic E-state index is 0. The van der Waals surface area contributed by atoms with Gasteiger partial charge in [0.2, 0.25) is 23.6 Å². The first-order valence-electron chi connectivity index (χ1n) is 14.1. The van der Waals surface area contributed by atoms with Crippen LogP contribution >= 0.6 is 0 Å². The van der Waals surface area contributed by atoms with E-state index < -0.39 is 71.3 Å². The van der Waals surface area contributed by atoms with Crippen LogP contribution in [0.1, 0.15) is 93.9 Å². The summed E-state index contributed by atoms with van der Waals surface area (Å²) < 4.78 is 0. The first kappa shape index (κ1) is 43.2. The Balaban J connectivity index is -0.000000688. The van der Waals surface area contributed by atoms with E-state index in [0.717, 1.165) is 9.80 Å². The van der Waals surface area contributed by atoms with E-state index in [1.54, 1.807) is 55.4 Å². The summed E-state index contributed by atoms with van der Waals surface area (Å²) >= 11 is 0. The Morgan fingerprint density at radius 1 is 0.512 bits per heavy atom. The van der Waals surface area contributed by atoms with Crippen molar-refractivity contribution in [3.63, 3.8) is 0 Å². The number of nitrogens with two attached hydrogens (primary N) is 2. The molecule has 0 rings (SSSR count). The number of carbonyl (C=O) groups is 6. The SMILES string of the molecule is CC(C)C(=O)N(C(=O)C(C)C)[C@@H](CCCCN)C(=O)O.CC(C)C(=O)N(C(=O)C(C)C)[C@@H](CCCCN)C(=O)O.[Zn]. The van der Waals surface area contributed by atoms with Crippen LogP contribution < -0.4 is 11.5 Å². The molecule has 2 atom stereocenters. The van der Waals surface area contributed by atoms with Gasteiger partial charge in [0.25, 0.3) is 0 Å². The van der Waals surface area contributed by atoms with Crippen molar-refractivity contribution in [1.29, 1.82) is 0 Å². The van der Waals surface area contributed by atoms with Gasteiger partial charge in [0.15, 0.2) is 0 Å². The number of carbonyl (C=O) groups excluding carboxylic acids is 4. The van der Waals surface area contributed by atoms with Crippen molar-refractivity contribution < 1.29 is 58.5 Å². The molecule has 0 aromatic heterocycles. The van der Waals surface area contributed by atoms with Gasteiger partial charge in [-0.05, 0) is 51.6 Å². The van der Waals surface area contributed by atoms with E-state index in [4.69, 9.17) is 11.5 Å². The topological polar surface area (TPSA) is 201 Å². The van der Waals surface area contributed by atoms with Crippen molar-refractivity contribution in [2.45, 2.75) is 106 Å². The number of carboxylic acids is 2. The van der Waals surface area contributed by atoms with Gasteiger partial charge in [-0.15, -0.1) is 0 Å². The number of rotatable bonds is 16. The molecule has 0 unspecified atom stereocenters. The summed E-state index contributed by atoms with van der Waals surface area (Å²) in [4.78, 5) is 73.4. The van der Waals surface area contributed by atoms with Crippen molar-refractivity contribution in [3.8, 4) is 0 Å². The van der Waals surface area contributed by atoms with Gasteiger partial charge in [0.05, 0.1) is 0 Å². The van der Waals surface area contributed by atoms with Crippen LogP contribution in [-0.4, -0.2) is 80.8 Å². The summed E-state index contributed by atoms with van der Waals surface area (Å²) in [6, 6.07) is -2.21. The van der Waals surface area contributed by atoms with E-state index in [9.17, 15) is 39.0 Å². The van der Waals surface area contributed by atoms with Crippen LogP contribution in [0.5, 0.6) is 0 Å². The monoisotopic (exact) mass is 636 g/mol. The molecule has 41 heavy (non-hydrogen) atoms. The zero-order valence-electron chi connectivity index (χ0n) is 26.2. The summed E-state index contributed by atoms with van der Waals surface area (Å²) in [5.41, 5.74) is 10.8. The molecule has 234 valence electrons. The predicted octanol–water partition coefficient (Wildman–Crippen LogP) is 2.47. The molecule has 0 aliphatic carbocycles. The maximum Gasteiger partial charge on any atom is 0.326 e. The molecule has 0 bridgehead atoms. The van der Waals surface area contributed by atoms with Crippen LogP contribution in [0.3, 0.4) is 0 Å². The molecule has 12 nitrogen and oxygen atoms in total. The van der Waals surface area contributed by atoms with E-state index >= 15 is 0 Å². The number of carboxylic acid groups (broad SMARTS) is 2. The van der Waals surface area contributed by atoms with E-state index in [-0.39, 0.29) is 32.3 Å². The minimum atomic E-state index is -1.15. The Bertz CT molecular complexity index is 741. The van der Waals surface area contributed by atoms with Crippen LogP contribution in [-0.2, 0) is 48.2 Å².